The summed E-state index contributed by atoms with van der Waals surface area (Å²) in [6.07, 6.45) is 10.9. The van der Waals surface area contributed by atoms with Crippen LogP contribution in [-0.2, 0) is 6.42 Å². The first kappa shape index (κ1) is 11.0. The molecule has 1 N–H and O–H groups in total. The van der Waals surface area contributed by atoms with Crippen LogP contribution >= 0.6 is 27.3 Å². The molecule has 1 heterocycles. The second-order valence-electron chi connectivity index (χ2n) is 4.68. The Morgan fingerprint density at radius 3 is 2.94 bits per heavy atom. The van der Waals surface area contributed by atoms with Crippen molar-refractivity contribution in [1.82, 2.24) is 5.32 Å². The van der Waals surface area contributed by atoms with Gasteiger partial charge in [0.2, 0.25) is 0 Å². The normalized spacial score (nSPS) is 24.9. The standard InChI is InChI=1S/C13H16BrNS/c14-13-8-10-11(6-3-7-12(10)16-13)15-9-4-1-2-5-9/h1-2,8-9,11,15H,3-7H2. The molecule has 2 aliphatic carbocycles. The van der Waals surface area contributed by atoms with Gasteiger partial charge in [-0.1, -0.05) is 12.2 Å². The summed E-state index contributed by atoms with van der Waals surface area (Å²) in [6, 6.07) is 3.59. The minimum atomic E-state index is 0.594. The molecule has 16 heavy (non-hydrogen) atoms. The molecule has 0 saturated heterocycles. The van der Waals surface area contributed by atoms with E-state index < -0.39 is 0 Å². The fraction of sp³-hybridized carbons (Fsp3) is 0.538. The SMILES string of the molecule is Brc1cc2c(s1)CCCC2NC1CC=CC1. The maximum Gasteiger partial charge on any atom is 0.0704 e. The van der Waals surface area contributed by atoms with E-state index in [4.69, 9.17) is 0 Å². The van der Waals surface area contributed by atoms with Crippen molar-refractivity contribution in [3.63, 3.8) is 0 Å². The number of aryl methyl sites for hydroxylation is 1. The molecule has 0 aliphatic heterocycles. The summed E-state index contributed by atoms with van der Waals surface area (Å²) in [5.41, 5.74) is 1.55. The average molecular weight is 298 g/mol. The summed E-state index contributed by atoms with van der Waals surface area (Å²) in [4.78, 5) is 1.58. The molecule has 0 saturated carbocycles. The van der Waals surface area contributed by atoms with E-state index in [1.54, 1.807) is 10.4 Å². The van der Waals surface area contributed by atoms with Crippen molar-refractivity contribution in [3.8, 4) is 0 Å². The van der Waals surface area contributed by atoms with Gasteiger partial charge in [-0.2, -0.15) is 0 Å². The van der Waals surface area contributed by atoms with Gasteiger partial charge in [-0.05, 0) is 59.7 Å². The van der Waals surface area contributed by atoms with Crippen LogP contribution in [0.2, 0.25) is 0 Å². The van der Waals surface area contributed by atoms with E-state index >= 15 is 0 Å². The topological polar surface area (TPSA) is 12.0 Å². The molecule has 1 atom stereocenters. The number of hydrogen-bond acceptors (Lipinski definition) is 2. The Hall–Kier alpha value is -0.120. The van der Waals surface area contributed by atoms with E-state index in [1.807, 2.05) is 11.3 Å². The van der Waals surface area contributed by atoms with E-state index in [1.165, 1.54) is 35.9 Å². The van der Waals surface area contributed by atoms with Gasteiger partial charge < -0.3 is 5.32 Å². The van der Waals surface area contributed by atoms with Crippen molar-refractivity contribution in [2.24, 2.45) is 0 Å². The van der Waals surface area contributed by atoms with Gasteiger partial charge >= 0.3 is 0 Å². The molecule has 0 fully saturated rings. The highest BCUT2D eigenvalue weighted by molar-refractivity contribution is 9.11. The van der Waals surface area contributed by atoms with Gasteiger partial charge in [0.05, 0.1) is 3.79 Å². The summed E-state index contributed by atoms with van der Waals surface area (Å²) in [5, 5.41) is 3.81. The second-order valence-corrected chi connectivity index (χ2v) is 7.20. The molecule has 86 valence electrons. The second kappa shape index (κ2) is 4.63. The number of halogens is 1. The summed E-state index contributed by atoms with van der Waals surface area (Å²) in [7, 11) is 0. The molecule has 0 bridgehead atoms. The highest BCUT2D eigenvalue weighted by Gasteiger charge is 2.24. The molecular formula is C13H16BrNS. The summed E-state index contributed by atoms with van der Waals surface area (Å²) in [5.74, 6) is 0. The van der Waals surface area contributed by atoms with Crippen LogP contribution in [0.3, 0.4) is 0 Å². The number of thiophene rings is 1. The first-order valence-corrected chi connectivity index (χ1v) is 7.63. The summed E-state index contributed by atoms with van der Waals surface area (Å²) < 4.78 is 1.29. The van der Waals surface area contributed by atoms with E-state index in [0.717, 1.165) is 0 Å². The van der Waals surface area contributed by atoms with Crippen molar-refractivity contribution in [2.45, 2.75) is 44.2 Å². The lowest BCUT2D eigenvalue weighted by Gasteiger charge is -2.27. The van der Waals surface area contributed by atoms with Crippen molar-refractivity contribution in [1.29, 1.82) is 0 Å². The van der Waals surface area contributed by atoms with Gasteiger partial charge in [-0.25, -0.2) is 0 Å². The number of fused-ring (bicyclic) bond motifs is 1. The van der Waals surface area contributed by atoms with Gasteiger partial charge in [0.1, 0.15) is 0 Å². The number of rotatable bonds is 2. The molecule has 0 radical (unpaired) electrons. The Morgan fingerprint density at radius 1 is 1.31 bits per heavy atom. The molecule has 0 spiro atoms. The molecule has 0 aromatic carbocycles. The largest absolute Gasteiger partial charge is 0.307 e. The van der Waals surface area contributed by atoms with E-state index in [-0.39, 0.29) is 0 Å². The van der Waals surface area contributed by atoms with Crippen molar-refractivity contribution in [2.75, 3.05) is 0 Å². The maximum atomic E-state index is 3.81. The van der Waals surface area contributed by atoms with Crippen molar-refractivity contribution >= 4 is 27.3 Å². The van der Waals surface area contributed by atoms with Crippen LogP contribution in [0.4, 0.5) is 0 Å². The van der Waals surface area contributed by atoms with E-state index in [0.29, 0.717) is 12.1 Å². The monoisotopic (exact) mass is 297 g/mol. The number of hydrogen-bond donors (Lipinski definition) is 1. The minimum absolute atomic E-state index is 0.594. The molecule has 1 unspecified atom stereocenters. The third-order valence-electron chi connectivity index (χ3n) is 3.53. The molecule has 3 rings (SSSR count). The highest BCUT2D eigenvalue weighted by atomic mass is 79.9. The average Bonchev–Trinajstić information content (AvgIpc) is 2.86. The molecule has 1 aromatic rings. The van der Waals surface area contributed by atoms with Gasteiger partial charge in [-0.15, -0.1) is 11.3 Å². The van der Waals surface area contributed by atoms with Crippen LogP contribution in [0.25, 0.3) is 0 Å². The van der Waals surface area contributed by atoms with Gasteiger partial charge in [0.15, 0.2) is 0 Å². The third kappa shape index (κ3) is 2.13. The Morgan fingerprint density at radius 2 is 2.12 bits per heavy atom. The number of nitrogens with one attached hydrogen (secondary N) is 1. The lowest BCUT2D eigenvalue weighted by Crippen LogP contribution is -2.32. The molecule has 2 aliphatic rings. The Balaban J connectivity index is 1.76. The molecule has 1 nitrogen and oxygen atoms in total. The summed E-state index contributed by atoms with van der Waals surface area (Å²) >= 11 is 5.52. The quantitative estimate of drug-likeness (QED) is 0.807. The Bertz CT molecular complexity index is 402. The van der Waals surface area contributed by atoms with Crippen LogP contribution in [0.5, 0.6) is 0 Å². The molecule has 3 heteroatoms. The Kier molecular flexibility index (Phi) is 3.18. The van der Waals surface area contributed by atoms with Crippen LogP contribution in [0.1, 0.15) is 42.2 Å². The van der Waals surface area contributed by atoms with E-state index in [2.05, 4.69) is 39.5 Å². The first-order valence-electron chi connectivity index (χ1n) is 6.02. The molecule has 0 amide bonds. The predicted molar refractivity (Wildman–Crippen MR) is 73.0 cm³/mol. The third-order valence-corrected chi connectivity index (χ3v) is 5.24. The lowest BCUT2D eigenvalue weighted by molar-refractivity contribution is 0.405. The lowest BCUT2D eigenvalue weighted by atomic mass is 9.93. The zero-order valence-corrected chi connectivity index (χ0v) is 11.6. The van der Waals surface area contributed by atoms with Gasteiger partial charge in [-0.3, -0.25) is 0 Å². The predicted octanol–water partition coefficient (Wildman–Crippen LogP) is 4.20. The van der Waals surface area contributed by atoms with Gasteiger partial charge in [0.25, 0.3) is 0 Å². The van der Waals surface area contributed by atoms with Gasteiger partial charge in [0, 0.05) is 17.0 Å². The molecule has 1 aromatic heterocycles. The highest BCUT2D eigenvalue weighted by Crippen LogP contribution is 2.38. The van der Waals surface area contributed by atoms with Crippen LogP contribution in [0.15, 0.2) is 22.0 Å². The van der Waals surface area contributed by atoms with Crippen LogP contribution < -0.4 is 5.32 Å². The van der Waals surface area contributed by atoms with Crippen molar-refractivity contribution < 1.29 is 0 Å². The zero-order chi connectivity index (χ0) is 11.0. The summed E-state index contributed by atoms with van der Waals surface area (Å²) in [6.45, 7) is 0. The van der Waals surface area contributed by atoms with E-state index in [9.17, 15) is 0 Å². The smallest absolute Gasteiger partial charge is 0.0704 e. The Labute approximate surface area is 109 Å². The maximum absolute atomic E-state index is 3.81. The minimum Gasteiger partial charge on any atom is -0.307 e. The fourth-order valence-electron chi connectivity index (χ4n) is 2.73. The zero-order valence-electron chi connectivity index (χ0n) is 9.21. The van der Waals surface area contributed by atoms with Crippen LogP contribution in [-0.4, -0.2) is 6.04 Å². The molecular weight excluding hydrogens is 282 g/mol. The first-order chi connectivity index (χ1) is 7.83. The van der Waals surface area contributed by atoms with Crippen LogP contribution in [0, 0.1) is 0 Å². The fourth-order valence-corrected chi connectivity index (χ4v) is 4.55. The van der Waals surface area contributed by atoms with Crippen molar-refractivity contribution in [3.05, 3.63) is 32.4 Å².